The van der Waals surface area contributed by atoms with E-state index in [1.54, 1.807) is 30.5 Å². The van der Waals surface area contributed by atoms with Gasteiger partial charge in [-0.15, -0.1) is 0 Å². The molecule has 1 aliphatic heterocycles. The van der Waals surface area contributed by atoms with Gasteiger partial charge in [-0.05, 0) is 52.9 Å². The van der Waals surface area contributed by atoms with Crippen molar-refractivity contribution < 1.29 is 17.6 Å². The first-order valence-corrected chi connectivity index (χ1v) is 13.1. The second-order valence-electron chi connectivity index (χ2n) is 9.09. The number of sulfone groups is 1. The number of nitrogens with zero attached hydrogens (tertiary/aromatic N) is 2. The van der Waals surface area contributed by atoms with E-state index in [0.29, 0.717) is 24.6 Å². The van der Waals surface area contributed by atoms with Crippen LogP contribution in [-0.4, -0.2) is 30.5 Å². The highest BCUT2D eigenvalue weighted by Crippen LogP contribution is 2.38. The Hall–Kier alpha value is -3.10. The van der Waals surface area contributed by atoms with Crippen LogP contribution in [0.4, 0.5) is 4.39 Å². The van der Waals surface area contributed by atoms with Gasteiger partial charge in [-0.25, -0.2) is 12.8 Å². The molecule has 178 valence electrons. The Morgan fingerprint density at radius 1 is 1.12 bits per heavy atom. The molecular formula is C26H28FN3O3S. The molecule has 1 atom stereocenters. The predicted molar refractivity (Wildman–Crippen MR) is 128 cm³/mol. The van der Waals surface area contributed by atoms with Crippen LogP contribution in [0, 0.1) is 11.7 Å². The van der Waals surface area contributed by atoms with E-state index in [0.717, 1.165) is 28.6 Å². The second kappa shape index (κ2) is 9.64. The molecule has 2 heterocycles. The van der Waals surface area contributed by atoms with Gasteiger partial charge in [0, 0.05) is 32.1 Å². The maximum Gasteiger partial charge on any atom is 0.253 e. The van der Waals surface area contributed by atoms with Gasteiger partial charge < -0.3 is 5.32 Å². The largest absolute Gasteiger partial charge is 0.348 e. The third kappa shape index (κ3) is 5.34. The van der Waals surface area contributed by atoms with E-state index in [1.807, 2.05) is 6.07 Å². The van der Waals surface area contributed by atoms with Gasteiger partial charge in [0.2, 0.25) is 0 Å². The van der Waals surface area contributed by atoms with E-state index < -0.39 is 9.84 Å². The zero-order valence-electron chi connectivity index (χ0n) is 19.5. The molecule has 1 amide bonds. The van der Waals surface area contributed by atoms with Gasteiger partial charge in [-0.1, -0.05) is 38.1 Å². The molecule has 1 N–H and O–H groups in total. The van der Waals surface area contributed by atoms with Crippen LogP contribution >= 0.6 is 0 Å². The fourth-order valence-electron chi connectivity index (χ4n) is 4.38. The van der Waals surface area contributed by atoms with E-state index in [4.69, 9.17) is 0 Å². The number of carbonyl (C=O) groups excluding carboxylic acids is 1. The zero-order valence-corrected chi connectivity index (χ0v) is 20.3. The summed E-state index contributed by atoms with van der Waals surface area (Å²) >= 11 is 0. The normalized spacial score (nSPS) is 16.0. The van der Waals surface area contributed by atoms with Gasteiger partial charge in [0.05, 0.1) is 22.2 Å². The molecule has 2 aromatic carbocycles. The minimum Gasteiger partial charge on any atom is -0.348 e. The molecule has 0 radical (unpaired) electrons. The number of pyridine rings is 1. The molecular weight excluding hydrogens is 453 g/mol. The van der Waals surface area contributed by atoms with Crippen LogP contribution in [-0.2, 0) is 29.5 Å². The summed E-state index contributed by atoms with van der Waals surface area (Å²) in [7, 11) is -3.25. The molecule has 0 saturated carbocycles. The minimum atomic E-state index is -3.25. The molecule has 0 fully saturated rings. The van der Waals surface area contributed by atoms with Crippen LogP contribution in [0.3, 0.4) is 0 Å². The lowest BCUT2D eigenvalue weighted by molar-refractivity contribution is 0.0950. The lowest BCUT2D eigenvalue weighted by Crippen LogP contribution is -2.25. The molecule has 4 rings (SSSR count). The number of hydrogen-bond acceptors (Lipinski definition) is 5. The third-order valence-corrected chi connectivity index (χ3v) is 7.17. The quantitative estimate of drug-likeness (QED) is 0.545. The molecule has 34 heavy (non-hydrogen) atoms. The number of aromatic nitrogens is 1. The Labute approximate surface area is 199 Å². The summed E-state index contributed by atoms with van der Waals surface area (Å²) in [5.74, 6) is -0.165. The van der Waals surface area contributed by atoms with E-state index in [-0.39, 0.29) is 29.2 Å². The number of benzene rings is 2. The third-order valence-electron chi connectivity index (χ3n) is 6.05. The van der Waals surface area contributed by atoms with Gasteiger partial charge in [0.1, 0.15) is 5.82 Å². The molecule has 1 unspecified atom stereocenters. The Morgan fingerprint density at radius 2 is 1.76 bits per heavy atom. The number of hydrogen-bond donors (Lipinski definition) is 1. The van der Waals surface area contributed by atoms with Crippen molar-refractivity contribution >= 4 is 15.7 Å². The van der Waals surface area contributed by atoms with Crippen LogP contribution in [0.2, 0.25) is 0 Å². The topological polar surface area (TPSA) is 79.4 Å². The maximum absolute atomic E-state index is 13.3. The van der Waals surface area contributed by atoms with Gasteiger partial charge in [-0.3, -0.25) is 14.7 Å². The van der Waals surface area contributed by atoms with Crippen LogP contribution in [0.5, 0.6) is 0 Å². The lowest BCUT2D eigenvalue weighted by atomic mass is 9.99. The van der Waals surface area contributed by atoms with Crippen molar-refractivity contribution in [1.29, 1.82) is 0 Å². The fraction of sp³-hybridized carbons (Fsp3) is 0.308. The van der Waals surface area contributed by atoms with E-state index >= 15 is 0 Å². The molecule has 1 aliphatic rings. The van der Waals surface area contributed by atoms with Gasteiger partial charge >= 0.3 is 0 Å². The summed E-state index contributed by atoms with van der Waals surface area (Å²) in [6.07, 6.45) is 2.77. The van der Waals surface area contributed by atoms with Crippen molar-refractivity contribution in [2.45, 2.75) is 44.4 Å². The van der Waals surface area contributed by atoms with Gasteiger partial charge in [-0.2, -0.15) is 0 Å². The number of amides is 1. The van der Waals surface area contributed by atoms with E-state index in [2.05, 4.69) is 29.0 Å². The Bertz CT molecular complexity index is 1290. The SMILES string of the molecule is CC(C)C1c2ncc(C(=O)NCc3ccc(S(C)(=O)=O)cc3)cc2CN1Cc1ccc(F)cc1. The average Bonchev–Trinajstić information content (AvgIpc) is 3.16. The number of carbonyl (C=O) groups is 1. The highest BCUT2D eigenvalue weighted by molar-refractivity contribution is 7.90. The number of rotatable bonds is 7. The molecule has 0 spiro atoms. The van der Waals surface area contributed by atoms with E-state index in [1.165, 1.54) is 24.3 Å². The van der Waals surface area contributed by atoms with Crippen molar-refractivity contribution in [2.24, 2.45) is 5.92 Å². The second-order valence-corrected chi connectivity index (χ2v) is 11.1. The summed E-state index contributed by atoms with van der Waals surface area (Å²) < 4.78 is 36.5. The van der Waals surface area contributed by atoms with Crippen molar-refractivity contribution in [3.63, 3.8) is 0 Å². The zero-order chi connectivity index (χ0) is 24.5. The van der Waals surface area contributed by atoms with Crippen molar-refractivity contribution in [3.8, 4) is 0 Å². The Morgan fingerprint density at radius 3 is 2.38 bits per heavy atom. The molecule has 0 bridgehead atoms. The van der Waals surface area contributed by atoms with Crippen LogP contribution in [0.15, 0.2) is 65.7 Å². The summed E-state index contributed by atoms with van der Waals surface area (Å²) in [6.45, 7) is 5.91. The maximum atomic E-state index is 13.3. The highest BCUT2D eigenvalue weighted by Gasteiger charge is 2.34. The molecule has 6 nitrogen and oxygen atoms in total. The summed E-state index contributed by atoms with van der Waals surface area (Å²) in [5, 5.41) is 2.88. The van der Waals surface area contributed by atoms with Crippen molar-refractivity contribution in [2.75, 3.05) is 6.26 Å². The fourth-order valence-corrected chi connectivity index (χ4v) is 5.01. The Kier molecular flexibility index (Phi) is 6.81. The van der Waals surface area contributed by atoms with Crippen LogP contribution in [0.1, 0.15) is 52.6 Å². The first-order valence-electron chi connectivity index (χ1n) is 11.2. The van der Waals surface area contributed by atoms with Crippen LogP contribution < -0.4 is 5.32 Å². The van der Waals surface area contributed by atoms with Crippen molar-refractivity contribution in [1.82, 2.24) is 15.2 Å². The number of nitrogens with one attached hydrogen (secondary N) is 1. The first kappa shape index (κ1) is 24.0. The molecule has 1 aromatic heterocycles. The van der Waals surface area contributed by atoms with Gasteiger partial charge in [0.25, 0.3) is 5.91 Å². The molecule has 3 aromatic rings. The minimum absolute atomic E-state index is 0.116. The Balaban J connectivity index is 1.46. The average molecular weight is 482 g/mol. The number of halogens is 1. The monoisotopic (exact) mass is 481 g/mol. The van der Waals surface area contributed by atoms with E-state index in [9.17, 15) is 17.6 Å². The highest BCUT2D eigenvalue weighted by atomic mass is 32.2. The smallest absolute Gasteiger partial charge is 0.253 e. The first-order chi connectivity index (χ1) is 16.1. The van der Waals surface area contributed by atoms with Crippen molar-refractivity contribution in [3.05, 3.63) is 94.6 Å². The van der Waals surface area contributed by atoms with Gasteiger partial charge in [0.15, 0.2) is 9.84 Å². The lowest BCUT2D eigenvalue weighted by Gasteiger charge is -2.27. The summed E-state index contributed by atoms with van der Waals surface area (Å²) in [4.78, 5) is 20.0. The summed E-state index contributed by atoms with van der Waals surface area (Å²) in [6, 6.07) is 15.0. The standard InChI is InChI=1S/C26H28FN3O3S/c1-17(2)25-24-21(16-30(25)15-19-4-8-22(27)9-5-19)12-20(14-28-24)26(31)29-13-18-6-10-23(11-7-18)34(3,32)33/h4-12,14,17,25H,13,15-16H2,1-3H3,(H,29,31). The molecule has 0 saturated heterocycles. The predicted octanol–water partition coefficient (Wildman–Crippen LogP) is 4.27. The number of fused-ring (bicyclic) bond motifs is 1. The molecule has 0 aliphatic carbocycles. The molecule has 8 heteroatoms. The van der Waals surface area contributed by atoms with Crippen LogP contribution in [0.25, 0.3) is 0 Å². The summed E-state index contributed by atoms with van der Waals surface area (Å²) in [5.41, 5.74) is 4.31.